The summed E-state index contributed by atoms with van der Waals surface area (Å²) in [6.45, 7) is 0.301. The lowest BCUT2D eigenvalue weighted by atomic mass is 10.2. The standard InChI is InChI=1S/C12H10Cl2N2O/c13-9-4-1-3-8(11(9)14)7-17-10-5-2-6-16-12(10)15/h1-6H,7H2,(H2,15,16). The second-order valence-corrected chi connectivity index (χ2v) is 4.17. The summed E-state index contributed by atoms with van der Waals surface area (Å²) in [5.74, 6) is 0.884. The first-order valence-corrected chi connectivity index (χ1v) is 5.70. The van der Waals surface area contributed by atoms with Gasteiger partial charge in [-0.15, -0.1) is 0 Å². The fourth-order valence-electron chi connectivity index (χ4n) is 1.34. The summed E-state index contributed by atoms with van der Waals surface area (Å²) in [5.41, 5.74) is 6.47. The molecule has 2 aromatic rings. The molecule has 3 nitrogen and oxygen atoms in total. The zero-order valence-electron chi connectivity index (χ0n) is 8.86. The van der Waals surface area contributed by atoms with E-state index in [0.717, 1.165) is 5.56 Å². The first-order chi connectivity index (χ1) is 8.18. The molecule has 0 aliphatic rings. The molecule has 0 atom stereocenters. The Morgan fingerprint density at radius 2 is 2.00 bits per heavy atom. The average Bonchev–Trinajstić information content (AvgIpc) is 2.33. The van der Waals surface area contributed by atoms with Crippen molar-refractivity contribution in [2.75, 3.05) is 5.73 Å². The van der Waals surface area contributed by atoms with Crippen LogP contribution in [0, 0.1) is 0 Å². The van der Waals surface area contributed by atoms with Crippen LogP contribution in [0.15, 0.2) is 36.5 Å². The van der Waals surface area contributed by atoms with E-state index < -0.39 is 0 Å². The molecule has 1 heterocycles. The van der Waals surface area contributed by atoms with Gasteiger partial charge >= 0.3 is 0 Å². The Bertz CT molecular complexity index is 532. The Balaban J connectivity index is 2.13. The van der Waals surface area contributed by atoms with Gasteiger partial charge in [-0.3, -0.25) is 0 Å². The second kappa shape index (κ2) is 5.25. The topological polar surface area (TPSA) is 48.1 Å². The van der Waals surface area contributed by atoms with Crippen molar-refractivity contribution in [2.45, 2.75) is 6.61 Å². The lowest BCUT2D eigenvalue weighted by Crippen LogP contribution is -2.00. The minimum atomic E-state index is 0.301. The van der Waals surface area contributed by atoms with Crippen LogP contribution in [-0.2, 0) is 6.61 Å². The van der Waals surface area contributed by atoms with Gasteiger partial charge in [0.2, 0.25) is 0 Å². The van der Waals surface area contributed by atoms with Crippen molar-refractivity contribution in [3.63, 3.8) is 0 Å². The van der Waals surface area contributed by atoms with E-state index in [0.29, 0.717) is 28.2 Å². The molecular formula is C12H10Cl2N2O. The maximum atomic E-state index is 6.04. The van der Waals surface area contributed by atoms with Gasteiger partial charge in [0.15, 0.2) is 11.6 Å². The van der Waals surface area contributed by atoms with Crippen LogP contribution in [0.1, 0.15) is 5.56 Å². The third kappa shape index (κ3) is 2.81. The molecule has 0 bridgehead atoms. The highest BCUT2D eigenvalue weighted by atomic mass is 35.5. The minimum absolute atomic E-state index is 0.301. The fraction of sp³-hybridized carbons (Fsp3) is 0.0833. The summed E-state index contributed by atoms with van der Waals surface area (Å²) in [6.07, 6.45) is 1.61. The number of pyridine rings is 1. The molecular weight excluding hydrogens is 259 g/mol. The predicted molar refractivity (Wildman–Crippen MR) is 69.4 cm³/mol. The molecule has 0 aliphatic carbocycles. The van der Waals surface area contributed by atoms with Crippen LogP contribution in [0.2, 0.25) is 10.0 Å². The highest BCUT2D eigenvalue weighted by molar-refractivity contribution is 6.42. The molecule has 0 unspecified atom stereocenters. The van der Waals surface area contributed by atoms with Crippen molar-refractivity contribution in [3.05, 3.63) is 52.1 Å². The van der Waals surface area contributed by atoms with Crippen LogP contribution in [0.4, 0.5) is 5.82 Å². The Morgan fingerprint density at radius 1 is 1.18 bits per heavy atom. The SMILES string of the molecule is Nc1ncccc1OCc1cccc(Cl)c1Cl. The molecule has 0 fully saturated rings. The van der Waals surface area contributed by atoms with Crippen LogP contribution in [0.3, 0.4) is 0 Å². The van der Waals surface area contributed by atoms with Crippen molar-refractivity contribution in [2.24, 2.45) is 0 Å². The van der Waals surface area contributed by atoms with E-state index in [4.69, 9.17) is 33.7 Å². The monoisotopic (exact) mass is 268 g/mol. The lowest BCUT2D eigenvalue weighted by Gasteiger charge is -2.09. The van der Waals surface area contributed by atoms with Gasteiger partial charge in [0.25, 0.3) is 0 Å². The van der Waals surface area contributed by atoms with E-state index in [1.54, 1.807) is 24.4 Å². The van der Waals surface area contributed by atoms with E-state index in [2.05, 4.69) is 4.98 Å². The zero-order valence-corrected chi connectivity index (χ0v) is 10.4. The summed E-state index contributed by atoms with van der Waals surface area (Å²) in [6, 6.07) is 8.90. The van der Waals surface area contributed by atoms with Crippen LogP contribution in [0.5, 0.6) is 5.75 Å². The predicted octanol–water partition coefficient (Wildman–Crippen LogP) is 3.55. The molecule has 0 radical (unpaired) electrons. The van der Waals surface area contributed by atoms with Crippen LogP contribution >= 0.6 is 23.2 Å². The van der Waals surface area contributed by atoms with Crippen molar-refractivity contribution >= 4 is 29.0 Å². The van der Waals surface area contributed by atoms with Crippen molar-refractivity contribution in [1.82, 2.24) is 4.98 Å². The quantitative estimate of drug-likeness (QED) is 0.926. The highest BCUT2D eigenvalue weighted by Gasteiger charge is 2.06. The van der Waals surface area contributed by atoms with Gasteiger partial charge in [-0.1, -0.05) is 35.3 Å². The molecule has 0 saturated carbocycles. The van der Waals surface area contributed by atoms with Gasteiger partial charge < -0.3 is 10.5 Å². The number of anilines is 1. The molecule has 0 saturated heterocycles. The van der Waals surface area contributed by atoms with Crippen LogP contribution < -0.4 is 10.5 Å². The number of nitrogen functional groups attached to an aromatic ring is 1. The molecule has 5 heteroatoms. The first-order valence-electron chi connectivity index (χ1n) is 4.94. The number of halogens is 2. The molecule has 0 aliphatic heterocycles. The average molecular weight is 269 g/mol. The lowest BCUT2D eigenvalue weighted by molar-refractivity contribution is 0.307. The first kappa shape index (κ1) is 12.0. The smallest absolute Gasteiger partial charge is 0.166 e. The summed E-state index contributed by atoms with van der Waals surface area (Å²) in [4.78, 5) is 3.93. The van der Waals surface area contributed by atoms with Gasteiger partial charge in [-0.05, 0) is 18.2 Å². The zero-order chi connectivity index (χ0) is 12.3. The number of aromatic nitrogens is 1. The van der Waals surface area contributed by atoms with Gasteiger partial charge in [-0.25, -0.2) is 4.98 Å². The number of benzene rings is 1. The summed E-state index contributed by atoms with van der Waals surface area (Å²) < 4.78 is 5.53. The fourth-order valence-corrected chi connectivity index (χ4v) is 1.71. The molecule has 1 aromatic heterocycles. The van der Waals surface area contributed by atoms with Gasteiger partial charge in [0.05, 0.1) is 10.0 Å². The third-order valence-electron chi connectivity index (χ3n) is 2.21. The number of hydrogen-bond acceptors (Lipinski definition) is 3. The van der Waals surface area contributed by atoms with Gasteiger partial charge in [-0.2, -0.15) is 0 Å². The van der Waals surface area contributed by atoms with Crippen LogP contribution in [-0.4, -0.2) is 4.98 Å². The van der Waals surface area contributed by atoms with E-state index in [9.17, 15) is 0 Å². The normalized spacial score (nSPS) is 10.2. The number of hydrogen-bond donors (Lipinski definition) is 1. The molecule has 0 spiro atoms. The molecule has 2 N–H and O–H groups in total. The van der Waals surface area contributed by atoms with Crippen molar-refractivity contribution in [3.8, 4) is 5.75 Å². The summed E-state index contributed by atoms with van der Waals surface area (Å²) >= 11 is 11.9. The van der Waals surface area contributed by atoms with Gasteiger partial charge in [0.1, 0.15) is 6.61 Å². The summed E-state index contributed by atoms with van der Waals surface area (Å²) in [5, 5.41) is 1.00. The molecule has 1 aromatic carbocycles. The van der Waals surface area contributed by atoms with Crippen molar-refractivity contribution < 1.29 is 4.74 Å². The maximum Gasteiger partial charge on any atom is 0.166 e. The van der Waals surface area contributed by atoms with Gasteiger partial charge in [0, 0.05) is 11.8 Å². The Labute approximate surface area is 109 Å². The van der Waals surface area contributed by atoms with E-state index >= 15 is 0 Å². The largest absolute Gasteiger partial charge is 0.485 e. The molecule has 17 heavy (non-hydrogen) atoms. The Hall–Kier alpha value is -1.45. The minimum Gasteiger partial charge on any atom is -0.485 e. The third-order valence-corrected chi connectivity index (χ3v) is 3.07. The number of rotatable bonds is 3. The number of ether oxygens (including phenoxy) is 1. The maximum absolute atomic E-state index is 6.04. The van der Waals surface area contributed by atoms with Crippen molar-refractivity contribution in [1.29, 1.82) is 0 Å². The molecule has 88 valence electrons. The van der Waals surface area contributed by atoms with E-state index in [1.807, 2.05) is 12.1 Å². The van der Waals surface area contributed by atoms with Crippen LogP contribution in [0.25, 0.3) is 0 Å². The Morgan fingerprint density at radius 3 is 2.76 bits per heavy atom. The number of nitrogens with two attached hydrogens (primary N) is 1. The van der Waals surface area contributed by atoms with E-state index in [1.165, 1.54) is 0 Å². The summed E-state index contributed by atoms with van der Waals surface area (Å²) in [7, 11) is 0. The highest BCUT2D eigenvalue weighted by Crippen LogP contribution is 2.27. The molecule has 0 amide bonds. The number of nitrogens with zero attached hydrogens (tertiary/aromatic N) is 1. The Kier molecular flexibility index (Phi) is 3.71. The van der Waals surface area contributed by atoms with E-state index in [-0.39, 0.29) is 0 Å². The molecule has 2 rings (SSSR count). The second-order valence-electron chi connectivity index (χ2n) is 3.39.